The van der Waals surface area contributed by atoms with E-state index < -0.39 is 35.0 Å². The highest BCUT2D eigenvalue weighted by Gasteiger charge is 2.78. The molecule has 3 saturated heterocycles. The van der Waals surface area contributed by atoms with Gasteiger partial charge in [0, 0.05) is 26.2 Å². The highest BCUT2D eigenvalue weighted by Crippen LogP contribution is 2.63. The number of carbonyl (C=O) groups excluding carboxylic acids is 3. The zero-order chi connectivity index (χ0) is 24.2. The Morgan fingerprint density at radius 3 is 2.70 bits per heavy atom. The van der Waals surface area contributed by atoms with Crippen molar-refractivity contribution >= 4 is 17.8 Å². The molecule has 0 aromatic heterocycles. The highest BCUT2D eigenvalue weighted by molar-refractivity contribution is 5.98. The van der Waals surface area contributed by atoms with E-state index in [1.165, 1.54) is 0 Å². The summed E-state index contributed by atoms with van der Waals surface area (Å²) in [4.78, 5) is 44.0. The van der Waals surface area contributed by atoms with Gasteiger partial charge in [0.05, 0.1) is 18.1 Å². The van der Waals surface area contributed by atoms with E-state index in [-0.39, 0.29) is 31.6 Å². The van der Waals surface area contributed by atoms with Crippen LogP contribution in [0.1, 0.15) is 52.4 Å². The van der Waals surface area contributed by atoms with Gasteiger partial charge in [0.25, 0.3) is 0 Å². The van der Waals surface area contributed by atoms with Crippen molar-refractivity contribution in [1.29, 1.82) is 0 Å². The van der Waals surface area contributed by atoms with E-state index in [1.807, 2.05) is 6.92 Å². The first kappa shape index (κ1) is 25.4. The van der Waals surface area contributed by atoms with Crippen molar-refractivity contribution in [3.05, 3.63) is 25.3 Å². The van der Waals surface area contributed by atoms with Crippen LogP contribution in [0, 0.1) is 11.8 Å². The van der Waals surface area contributed by atoms with Gasteiger partial charge >= 0.3 is 5.97 Å². The Kier molecular flexibility index (Phi) is 8.00. The van der Waals surface area contributed by atoms with Crippen LogP contribution in [0.5, 0.6) is 0 Å². The summed E-state index contributed by atoms with van der Waals surface area (Å²) in [6.45, 7) is 12.6. The maximum absolute atomic E-state index is 13.9. The van der Waals surface area contributed by atoms with Crippen molar-refractivity contribution in [2.45, 2.75) is 69.6 Å². The Bertz CT molecular complexity index is 785. The fourth-order valence-corrected chi connectivity index (χ4v) is 5.85. The second kappa shape index (κ2) is 10.4. The number of aliphatic hydroxyl groups excluding tert-OH is 1. The molecule has 0 saturated carbocycles. The van der Waals surface area contributed by atoms with Crippen LogP contribution in [0.25, 0.3) is 0 Å². The lowest BCUT2D eigenvalue weighted by Gasteiger charge is -2.36. The van der Waals surface area contributed by atoms with Gasteiger partial charge in [0.15, 0.2) is 0 Å². The molecule has 184 valence electrons. The van der Waals surface area contributed by atoms with E-state index in [4.69, 9.17) is 9.47 Å². The minimum absolute atomic E-state index is 0.0971. The first-order valence-corrected chi connectivity index (χ1v) is 12.1. The number of unbranched alkanes of at least 4 members (excludes halogenated alkanes) is 1. The van der Waals surface area contributed by atoms with E-state index in [0.717, 1.165) is 12.8 Å². The summed E-state index contributed by atoms with van der Waals surface area (Å²) in [7, 11) is 0. The number of esters is 1. The Labute approximate surface area is 196 Å². The molecule has 0 radical (unpaired) electrons. The predicted molar refractivity (Wildman–Crippen MR) is 123 cm³/mol. The van der Waals surface area contributed by atoms with Crippen molar-refractivity contribution < 1.29 is 29.0 Å². The first-order valence-electron chi connectivity index (χ1n) is 12.1. The fraction of sp³-hybridized carbons (Fsp3) is 0.720. The standard InChI is InChI=1S/C25H38N2O6/c1-5-8-14-26(13-7-3)22(30)20-25-12-11-24(4,33-25)19(23(31)32-17-9-6-2)18(25)21(29)27(20)15-10-16-28/h6-7,18-20,28H,2-3,5,8-17H2,1,4H3/t18-,19-,20?,24+,25?/m0/s1. The van der Waals surface area contributed by atoms with Gasteiger partial charge in [-0.15, -0.1) is 13.2 Å². The minimum Gasteiger partial charge on any atom is -0.465 e. The van der Waals surface area contributed by atoms with Gasteiger partial charge < -0.3 is 24.4 Å². The number of nitrogens with zero attached hydrogens (tertiary/aromatic N) is 2. The summed E-state index contributed by atoms with van der Waals surface area (Å²) in [5.74, 6) is -2.42. The molecule has 1 spiro atoms. The molecule has 5 atom stereocenters. The summed E-state index contributed by atoms with van der Waals surface area (Å²) in [5, 5.41) is 9.42. The van der Waals surface area contributed by atoms with Gasteiger partial charge in [-0.25, -0.2) is 0 Å². The van der Waals surface area contributed by atoms with Crippen LogP contribution in [0.15, 0.2) is 25.3 Å². The van der Waals surface area contributed by atoms with Crippen molar-refractivity contribution in [2.75, 3.05) is 32.8 Å². The Hall–Kier alpha value is -2.19. The van der Waals surface area contributed by atoms with Crippen LogP contribution in [0.3, 0.4) is 0 Å². The number of hydrogen-bond donors (Lipinski definition) is 1. The maximum atomic E-state index is 13.9. The molecule has 3 aliphatic rings. The molecule has 0 aromatic rings. The zero-order valence-electron chi connectivity index (χ0n) is 20.0. The van der Waals surface area contributed by atoms with Gasteiger partial charge in [-0.3, -0.25) is 14.4 Å². The molecule has 8 heteroatoms. The number of likely N-dealkylation sites (tertiary alicyclic amines) is 1. The molecule has 3 heterocycles. The smallest absolute Gasteiger partial charge is 0.312 e. The molecule has 2 amide bonds. The van der Waals surface area contributed by atoms with Gasteiger partial charge in [-0.1, -0.05) is 25.5 Å². The summed E-state index contributed by atoms with van der Waals surface area (Å²) in [5.41, 5.74) is -1.91. The van der Waals surface area contributed by atoms with Gasteiger partial charge in [0.1, 0.15) is 17.6 Å². The minimum atomic E-state index is -1.06. The molecule has 0 aromatic carbocycles. The number of ether oxygens (including phenoxy) is 2. The van der Waals surface area contributed by atoms with E-state index in [9.17, 15) is 19.5 Å². The Balaban J connectivity index is 1.98. The van der Waals surface area contributed by atoms with Crippen molar-refractivity contribution in [3.8, 4) is 0 Å². The van der Waals surface area contributed by atoms with Gasteiger partial charge in [-0.2, -0.15) is 0 Å². The molecule has 0 aliphatic carbocycles. The van der Waals surface area contributed by atoms with Crippen molar-refractivity contribution in [2.24, 2.45) is 11.8 Å². The van der Waals surface area contributed by atoms with E-state index in [1.54, 1.807) is 22.0 Å². The molecule has 2 bridgehead atoms. The van der Waals surface area contributed by atoms with Crippen LogP contribution >= 0.6 is 0 Å². The molecule has 3 rings (SSSR count). The van der Waals surface area contributed by atoms with E-state index in [0.29, 0.717) is 38.8 Å². The normalized spacial score (nSPS) is 32.0. The number of fused-ring (bicyclic) bond motifs is 1. The van der Waals surface area contributed by atoms with Crippen LogP contribution < -0.4 is 0 Å². The monoisotopic (exact) mass is 462 g/mol. The van der Waals surface area contributed by atoms with Crippen LogP contribution in [0.4, 0.5) is 0 Å². The SMILES string of the molecule is C=CCCOC(=O)[C@@H]1[C@H]2C(=O)N(CCCO)C(C(=O)N(CC=C)CCCC)C23CC[C@@]1(C)O3. The second-order valence-electron chi connectivity index (χ2n) is 9.51. The third-order valence-electron chi connectivity index (χ3n) is 7.33. The zero-order valence-corrected chi connectivity index (χ0v) is 20.0. The second-order valence-corrected chi connectivity index (χ2v) is 9.51. The molecular weight excluding hydrogens is 424 g/mol. The summed E-state index contributed by atoms with van der Waals surface area (Å²) in [6.07, 6.45) is 7.10. The molecule has 1 N–H and O–H groups in total. The number of amides is 2. The lowest BCUT2D eigenvalue weighted by Crippen LogP contribution is -2.56. The van der Waals surface area contributed by atoms with E-state index >= 15 is 0 Å². The summed E-state index contributed by atoms with van der Waals surface area (Å²) >= 11 is 0. The summed E-state index contributed by atoms with van der Waals surface area (Å²) in [6, 6.07) is -0.828. The molecule has 8 nitrogen and oxygen atoms in total. The maximum Gasteiger partial charge on any atom is 0.312 e. The number of carbonyl (C=O) groups is 3. The molecular formula is C25H38N2O6. The molecule has 33 heavy (non-hydrogen) atoms. The number of rotatable bonds is 13. The Morgan fingerprint density at radius 1 is 1.30 bits per heavy atom. The molecule has 2 unspecified atom stereocenters. The number of aliphatic hydroxyl groups is 1. The van der Waals surface area contributed by atoms with Crippen molar-refractivity contribution in [3.63, 3.8) is 0 Å². The first-order chi connectivity index (χ1) is 15.8. The predicted octanol–water partition coefficient (Wildman–Crippen LogP) is 2.07. The van der Waals surface area contributed by atoms with Crippen LogP contribution in [-0.4, -0.2) is 82.8 Å². The lowest BCUT2D eigenvalue weighted by molar-refractivity contribution is -0.160. The average Bonchev–Trinajstić information content (AvgIpc) is 3.35. The third-order valence-corrected chi connectivity index (χ3v) is 7.33. The lowest BCUT2D eigenvalue weighted by atomic mass is 9.66. The highest BCUT2D eigenvalue weighted by atomic mass is 16.6. The van der Waals surface area contributed by atoms with Crippen LogP contribution in [0.2, 0.25) is 0 Å². The largest absolute Gasteiger partial charge is 0.465 e. The van der Waals surface area contributed by atoms with Gasteiger partial charge in [0.2, 0.25) is 11.8 Å². The topological polar surface area (TPSA) is 96.4 Å². The van der Waals surface area contributed by atoms with Gasteiger partial charge in [-0.05, 0) is 39.0 Å². The quantitative estimate of drug-likeness (QED) is 0.256. The number of hydrogen-bond acceptors (Lipinski definition) is 6. The van der Waals surface area contributed by atoms with Crippen molar-refractivity contribution in [1.82, 2.24) is 9.80 Å². The Morgan fingerprint density at radius 2 is 2.06 bits per heavy atom. The molecule has 3 fully saturated rings. The van der Waals surface area contributed by atoms with Crippen LogP contribution in [-0.2, 0) is 23.9 Å². The summed E-state index contributed by atoms with van der Waals surface area (Å²) < 4.78 is 12.0. The fourth-order valence-electron chi connectivity index (χ4n) is 5.85. The average molecular weight is 463 g/mol. The molecule has 3 aliphatic heterocycles. The third kappa shape index (κ3) is 4.35. The van der Waals surface area contributed by atoms with E-state index in [2.05, 4.69) is 20.1 Å².